The first-order valence-corrected chi connectivity index (χ1v) is 6.04. The van der Waals surface area contributed by atoms with Crippen molar-refractivity contribution in [2.75, 3.05) is 0 Å². The minimum atomic E-state index is -0.202. The van der Waals surface area contributed by atoms with E-state index in [9.17, 15) is 0 Å². The Morgan fingerprint density at radius 2 is 2.00 bits per heavy atom. The second-order valence-corrected chi connectivity index (χ2v) is 4.65. The first kappa shape index (κ1) is 13.0. The van der Waals surface area contributed by atoms with E-state index in [0.717, 1.165) is 12.8 Å². The maximum absolute atomic E-state index is 9.13. The van der Waals surface area contributed by atoms with Crippen molar-refractivity contribution >= 4 is 6.08 Å². The molecule has 1 N–H and O–H groups in total. The molecule has 0 unspecified atom stereocenters. The number of hydrogen-bond acceptors (Lipinski definition) is 1. The highest BCUT2D eigenvalue weighted by molar-refractivity contribution is 5.50. The molecule has 88 valence electrons. The van der Waals surface area contributed by atoms with Gasteiger partial charge in [-0.15, -0.1) is 0 Å². The molecule has 0 aliphatic carbocycles. The minimum Gasteiger partial charge on any atom is -0.393 e. The molecule has 0 amide bonds. The summed E-state index contributed by atoms with van der Waals surface area (Å²) < 4.78 is 0. The molecule has 0 saturated heterocycles. The van der Waals surface area contributed by atoms with Gasteiger partial charge in [-0.3, -0.25) is 0 Å². The molecule has 1 rings (SSSR count). The molecule has 0 aromatic heterocycles. The smallest absolute Gasteiger partial charge is 0.0515 e. The predicted molar refractivity (Wildman–Crippen MR) is 70.5 cm³/mol. The van der Waals surface area contributed by atoms with Crippen LogP contribution in [0.1, 0.15) is 50.7 Å². The Labute approximate surface area is 98.8 Å². The summed E-state index contributed by atoms with van der Waals surface area (Å²) in [6, 6.07) is 8.61. The van der Waals surface area contributed by atoms with E-state index in [2.05, 4.69) is 50.3 Å². The van der Waals surface area contributed by atoms with Crippen molar-refractivity contribution in [3.63, 3.8) is 0 Å². The molecule has 0 spiro atoms. The van der Waals surface area contributed by atoms with E-state index >= 15 is 0 Å². The summed E-state index contributed by atoms with van der Waals surface area (Å²) >= 11 is 0. The van der Waals surface area contributed by atoms with Crippen LogP contribution < -0.4 is 0 Å². The highest BCUT2D eigenvalue weighted by Crippen LogP contribution is 2.16. The molecule has 0 aliphatic heterocycles. The van der Waals surface area contributed by atoms with Crippen LogP contribution in [0.25, 0.3) is 6.08 Å². The Hall–Kier alpha value is -1.08. The number of hydrogen-bond donors (Lipinski definition) is 1. The fourth-order valence-electron chi connectivity index (χ4n) is 1.58. The van der Waals surface area contributed by atoms with Crippen molar-refractivity contribution in [1.82, 2.24) is 0 Å². The molecule has 1 heteroatoms. The first-order valence-electron chi connectivity index (χ1n) is 6.04. The Morgan fingerprint density at radius 3 is 2.62 bits per heavy atom. The molecular weight excluding hydrogens is 196 g/mol. The zero-order valence-electron chi connectivity index (χ0n) is 10.5. The Morgan fingerprint density at radius 1 is 1.25 bits per heavy atom. The summed E-state index contributed by atoms with van der Waals surface area (Å²) in [5, 5.41) is 9.13. The lowest BCUT2D eigenvalue weighted by Gasteiger charge is -2.05. The van der Waals surface area contributed by atoms with Gasteiger partial charge in [-0.2, -0.15) is 0 Å². The molecule has 0 aliphatic rings. The zero-order chi connectivity index (χ0) is 12.0. The molecule has 0 fully saturated rings. The fourth-order valence-corrected chi connectivity index (χ4v) is 1.58. The SMILES string of the molecule is CC(C)c1cccc(C=CCC[C@@H](C)O)c1. The van der Waals surface area contributed by atoms with Gasteiger partial charge in [0.2, 0.25) is 0 Å². The monoisotopic (exact) mass is 218 g/mol. The summed E-state index contributed by atoms with van der Waals surface area (Å²) in [7, 11) is 0. The van der Waals surface area contributed by atoms with Gasteiger partial charge in [-0.25, -0.2) is 0 Å². The maximum atomic E-state index is 9.13. The molecule has 0 heterocycles. The lowest BCUT2D eigenvalue weighted by molar-refractivity contribution is 0.186. The van der Waals surface area contributed by atoms with Crippen LogP contribution in [0.4, 0.5) is 0 Å². The Balaban J connectivity index is 2.56. The van der Waals surface area contributed by atoms with E-state index in [1.807, 2.05) is 6.92 Å². The molecule has 1 aromatic carbocycles. The Bertz CT molecular complexity index is 337. The number of allylic oxidation sites excluding steroid dienone is 1. The van der Waals surface area contributed by atoms with Gasteiger partial charge in [0.25, 0.3) is 0 Å². The van der Waals surface area contributed by atoms with E-state index < -0.39 is 0 Å². The lowest BCUT2D eigenvalue weighted by Crippen LogP contribution is -1.96. The number of aliphatic hydroxyl groups is 1. The van der Waals surface area contributed by atoms with Crippen molar-refractivity contribution < 1.29 is 5.11 Å². The van der Waals surface area contributed by atoms with Crippen molar-refractivity contribution in [2.24, 2.45) is 0 Å². The summed E-state index contributed by atoms with van der Waals surface area (Å²) in [5.41, 5.74) is 2.62. The minimum absolute atomic E-state index is 0.202. The molecule has 0 saturated carbocycles. The predicted octanol–water partition coefficient (Wildman–Crippen LogP) is 3.98. The summed E-state index contributed by atoms with van der Waals surface area (Å²) in [4.78, 5) is 0. The van der Waals surface area contributed by atoms with Crippen LogP contribution >= 0.6 is 0 Å². The number of benzene rings is 1. The average molecular weight is 218 g/mol. The van der Waals surface area contributed by atoms with Crippen molar-refractivity contribution in [3.05, 3.63) is 41.5 Å². The third kappa shape index (κ3) is 4.63. The van der Waals surface area contributed by atoms with Gasteiger partial charge in [-0.05, 0) is 36.8 Å². The quantitative estimate of drug-likeness (QED) is 0.792. The Kier molecular flexibility index (Phi) is 5.27. The summed E-state index contributed by atoms with van der Waals surface area (Å²) in [6.45, 7) is 6.24. The van der Waals surface area contributed by atoms with Crippen molar-refractivity contribution in [3.8, 4) is 0 Å². The van der Waals surface area contributed by atoms with Crippen LogP contribution in [0.2, 0.25) is 0 Å². The van der Waals surface area contributed by atoms with Gasteiger partial charge in [0.05, 0.1) is 6.10 Å². The van der Waals surface area contributed by atoms with E-state index in [1.165, 1.54) is 11.1 Å². The van der Waals surface area contributed by atoms with Gasteiger partial charge in [0.1, 0.15) is 0 Å². The van der Waals surface area contributed by atoms with Gasteiger partial charge in [0, 0.05) is 0 Å². The third-order valence-electron chi connectivity index (χ3n) is 2.64. The first-order chi connectivity index (χ1) is 7.59. The van der Waals surface area contributed by atoms with E-state index in [-0.39, 0.29) is 6.10 Å². The van der Waals surface area contributed by atoms with Crippen LogP contribution in [0.5, 0.6) is 0 Å². The van der Waals surface area contributed by atoms with E-state index in [0.29, 0.717) is 5.92 Å². The van der Waals surface area contributed by atoms with Crippen molar-refractivity contribution in [2.45, 2.75) is 45.6 Å². The highest BCUT2D eigenvalue weighted by Gasteiger charge is 1.98. The molecule has 0 bridgehead atoms. The number of aliphatic hydroxyl groups excluding tert-OH is 1. The second kappa shape index (κ2) is 6.49. The van der Waals surface area contributed by atoms with Crippen LogP contribution in [0.3, 0.4) is 0 Å². The van der Waals surface area contributed by atoms with Gasteiger partial charge >= 0.3 is 0 Å². The second-order valence-electron chi connectivity index (χ2n) is 4.65. The topological polar surface area (TPSA) is 20.2 Å². The van der Waals surface area contributed by atoms with Crippen LogP contribution in [-0.2, 0) is 0 Å². The molecule has 1 aromatic rings. The van der Waals surface area contributed by atoms with Gasteiger partial charge < -0.3 is 5.11 Å². The molecule has 1 nitrogen and oxygen atoms in total. The maximum Gasteiger partial charge on any atom is 0.0515 e. The summed E-state index contributed by atoms with van der Waals surface area (Å²) in [5.74, 6) is 0.575. The van der Waals surface area contributed by atoms with Gasteiger partial charge in [0.15, 0.2) is 0 Å². The van der Waals surface area contributed by atoms with Crippen LogP contribution in [-0.4, -0.2) is 11.2 Å². The molecule has 16 heavy (non-hydrogen) atoms. The van der Waals surface area contributed by atoms with Crippen LogP contribution in [0.15, 0.2) is 30.3 Å². The van der Waals surface area contributed by atoms with Gasteiger partial charge in [-0.1, -0.05) is 50.3 Å². The number of rotatable bonds is 5. The fraction of sp³-hybridized carbons (Fsp3) is 0.467. The molecule has 0 radical (unpaired) electrons. The lowest BCUT2D eigenvalue weighted by atomic mass is 10.0. The highest BCUT2D eigenvalue weighted by atomic mass is 16.3. The van der Waals surface area contributed by atoms with Crippen molar-refractivity contribution in [1.29, 1.82) is 0 Å². The average Bonchev–Trinajstić information content (AvgIpc) is 2.24. The van der Waals surface area contributed by atoms with E-state index in [4.69, 9.17) is 5.11 Å². The zero-order valence-corrected chi connectivity index (χ0v) is 10.5. The van der Waals surface area contributed by atoms with E-state index in [1.54, 1.807) is 0 Å². The molecule has 1 atom stereocenters. The standard InChI is InChI=1S/C15H22O/c1-12(2)15-10-6-9-14(11-15)8-5-4-7-13(3)16/h5-6,8-13,16H,4,7H2,1-3H3/t13-/m1/s1. The summed E-state index contributed by atoms with van der Waals surface area (Å²) in [6.07, 6.45) is 5.83. The largest absolute Gasteiger partial charge is 0.393 e. The normalized spacial score (nSPS) is 13.6. The van der Waals surface area contributed by atoms with Crippen LogP contribution in [0, 0.1) is 0 Å². The molecular formula is C15H22O. The third-order valence-corrected chi connectivity index (χ3v) is 2.64.